The smallest absolute Gasteiger partial charge is 0.269 e. The molecule has 118 valence electrons. The Morgan fingerprint density at radius 1 is 1.09 bits per heavy atom. The number of nitrogens with one attached hydrogen (secondary N) is 1. The summed E-state index contributed by atoms with van der Waals surface area (Å²) in [5.41, 5.74) is 5.79. The second-order valence-electron chi connectivity index (χ2n) is 5.04. The summed E-state index contributed by atoms with van der Waals surface area (Å²) in [5.74, 6) is 0. The third-order valence-corrected chi connectivity index (χ3v) is 3.13. The molecule has 0 bridgehead atoms. The summed E-state index contributed by atoms with van der Waals surface area (Å²) < 4.78 is 0. The van der Waals surface area contributed by atoms with Crippen molar-refractivity contribution in [2.24, 2.45) is 5.10 Å². The molecule has 0 atom stereocenters. The fourth-order valence-corrected chi connectivity index (χ4v) is 1.85. The highest BCUT2D eigenvalue weighted by molar-refractivity contribution is 5.79. The minimum Gasteiger partial charge on any atom is -0.378 e. The Kier molecular flexibility index (Phi) is 5.46. The molecule has 0 unspecified atom stereocenters. The highest BCUT2D eigenvalue weighted by Gasteiger charge is 2.02. The average Bonchev–Trinajstić information content (AvgIpc) is 2.55. The summed E-state index contributed by atoms with van der Waals surface area (Å²) in [6, 6.07) is 14.2. The van der Waals surface area contributed by atoms with E-state index in [1.807, 2.05) is 55.4 Å². The Balaban J connectivity index is 1.87. The topological polar surface area (TPSA) is 70.8 Å². The molecule has 6 heteroatoms. The van der Waals surface area contributed by atoms with Gasteiger partial charge in [0.2, 0.25) is 0 Å². The van der Waals surface area contributed by atoms with Crippen LogP contribution < -0.4 is 10.3 Å². The molecule has 0 amide bonds. The van der Waals surface area contributed by atoms with E-state index in [9.17, 15) is 10.1 Å². The molecule has 2 aromatic rings. The van der Waals surface area contributed by atoms with Gasteiger partial charge in [-0.2, -0.15) is 5.10 Å². The number of hydrazone groups is 1. The predicted molar refractivity (Wildman–Crippen MR) is 95.0 cm³/mol. The Bertz CT molecular complexity index is 704. The maximum Gasteiger partial charge on any atom is 0.269 e. The SMILES string of the molecule is CN(C)c1ccc(/C=C/C=N/Nc2ccc([N+](=O)[O-])cc2)cc1. The minimum atomic E-state index is -0.433. The number of anilines is 2. The van der Waals surface area contributed by atoms with E-state index < -0.39 is 4.92 Å². The fourth-order valence-electron chi connectivity index (χ4n) is 1.85. The number of nitrogens with zero attached hydrogens (tertiary/aromatic N) is 3. The molecule has 0 saturated carbocycles. The molecule has 6 nitrogen and oxygen atoms in total. The van der Waals surface area contributed by atoms with Crippen molar-refractivity contribution in [3.8, 4) is 0 Å². The molecule has 0 radical (unpaired) electrons. The number of hydrogen-bond acceptors (Lipinski definition) is 5. The van der Waals surface area contributed by atoms with Crippen molar-refractivity contribution in [1.82, 2.24) is 0 Å². The van der Waals surface area contributed by atoms with Crippen LogP contribution in [0.4, 0.5) is 17.1 Å². The molecule has 0 fully saturated rings. The quantitative estimate of drug-likeness (QED) is 0.501. The summed E-state index contributed by atoms with van der Waals surface area (Å²) in [4.78, 5) is 12.2. The zero-order valence-corrected chi connectivity index (χ0v) is 13.0. The van der Waals surface area contributed by atoms with Crippen LogP contribution in [0.1, 0.15) is 5.56 Å². The molecule has 0 aliphatic heterocycles. The van der Waals surface area contributed by atoms with Gasteiger partial charge in [0.15, 0.2) is 0 Å². The van der Waals surface area contributed by atoms with Gasteiger partial charge in [0.1, 0.15) is 0 Å². The van der Waals surface area contributed by atoms with Gasteiger partial charge in [-0.1, -0.05) is 18.2 Å². The zero-order chi connectivity index (χ0) is 16.7. The Morgan fingerprint density at radius 2 is 1.74 bits per heavy atom. The summed E-state index contributed by atoms with van der Waals surface area (Å²) >= 11 is 0. The first-order valence-electron chi connectivity index (χ1n) is 7.04. The first kappa shape index (κ1) is 16.2. The number of rotatable bonds is 6. The molecular formula is C17H18N4O2. The molecule has 23 heavy (non-hydrogen) atoms. The molecule has 0 aromatic heterocycles. The first-order valence-corrected chi connectivity index (χ1v) is 7.04. The normalized spacial score (nSPS) is 11.0. The minimum absolute atomic E-state index is 0.0561. The average molecular weight is 310 g/mol. The van der Waals surface area contributed by atoms with Gasteiger partial charge >= 0.3 is 0 Å². The zero-order valence-electron chi connectivity index (χ0n) is 13.0. The largest absolute Gasteiger partial charge is 0.378 e. The van der Waals surface area contributed by atoms with Gasteiger partial charge in [-0.05, 0) is 35.9 Å². The summed E-state index contributed by atoms with van der Waals surface area (Å²) in [7, 11) is 4.00. The van der Waals surface area contributed by atoms with Crippen molar-refractivity contribution in [2.45, 2.75) is 0 Å². The second-order valence-corrected chi connectivity index (χ2v) is 5.04. The number of hydrogen-bond donors (Lipinski definition) is 1. The van der Waals surface area contributed by atoms with Crippen molar-refractivity contribution in [3.05, 3.63) is 70.3 Å². The van der Waals surface area contributed by atoms with Crippen LogP contribution in [-0.2, 0) is 0 Å². The highest BCUT2D eigenvalue weighted by atomic mass is 16.6. The van der Waals surface area contributed by atoms with Crippen LogP contribution in [0, 0.1) is 10.1 Å². The highest BCUT2D eigenvalue weighted by Crippen LogP contribution is 2.15. The third kappa shape index (κ3) is 4.96. The molecule has 2 rings (SSSR count). The van der Waals surface area contributed by atoms with Gasteiger partial charge in [0.25, 0.3) is 5.69 Å². The molecule has 0 aliphatic carbocycles. The lowest BCUT2D eigenvalue weighted by Gasteiger charge is -2.11. The fraction of sp³-hybridized carbons (Fsp3) is 0.118. The second kappa shape index (κ2) is 7.74. The van der Waals surface area contributed by atoms with E-state index in [2.05, 4.69) is 10.5 Å². The molecular weight excluding hydrogens is 292 g/mol. The summed E-state index contributed by atoms with van der Waals surface area (Å²) in [6.45, 7) is 0. The number of non-ortho nitro benzene ring substituents is 1. The molecule has 0 aliphatic rings. The third-order valence-electron chi connectivity index (χ3n) is 3.13. The van der Waals surface area contributed by atoms with Crippen LogP contribution in [0.2, 0.25) is 0 Å². The maximum atomic E-state index is 10.5. The number of benzene rings is 2. The maximum absolute atomic E-state index is 10.5. The predicted octanol–water partition coefficient (Wildman–Crippen LogP) is 3.77. The van der Waals surface area contributed by atoms with Crippen LogP contribution in [0.3, 0.4) is 0 Å². The van der Waals surface area contributed by atoms with Gasteiger partial charge in [0, 0.05) is 38.1 Å². The van der Waals surface area contributed by atoms with E-state index in [0.29, 0.717) is 5.69 Å². The van der Waals surface area contributed by atoms with E-state index in [1.54, 1.807) is 18.3 Å². The molecule has 2 aromatic carbocycles. The molecule has 0 saturated heterocycles. The molecule has 0 heterocycles. The van der Waals surface area contributed by atoms with Crippen LogP contribution >= 0.6 is 0 Å². The first-order chi connectivity index (χ1) is 11.1. The number of allylic oxidation sites excluding steroid dienone is 1. The van der Waals surface area contributed by atoms with Gasteiger partial charge in [-0.3, -0.25) is 15.5 Å². The summed E-state index contributed by atoms with van der Waals surface area (Å²) in [6.07, 6.45) is 5.39. The van der Waals surface area contributed by atoms with Crippen molar-refractivity contribution in [1.29, 1.82) is 0 Å². The Labute approximate surface area is 134 Å². The van der Waals surface area contributed by atoms with Crippen LogP contribution in [-0.4, -0.2) is 25.2 Å². The van der Waals surface area contributed by atoms with E-state index in [4.69, 9.17) is 0 Å². The van der Waals surface area contributed by atoms with Gasteiger partial charge < -0.3 is 4.90 Å². The van der Waals surface area contributed by atoms with E-state index in [0.717, 1.165) is 11.3 Å². The van der Waals surface area contributed by atoms with E-state index in [1.165, 1.54) is 12.1 Å². The van der Waals surface area contributed by atoms with Gasteiger partial charge in [0.05, 0.1) is 10.6 Å². The van der Waals surface area contributed by atoms with E-state index >= 15 is 0 Å². The summed E-state index contributed by atoms with van der Waals surface area (Å²) in [5, 5.41) is 14.6. The standard InChI is InChI=1S/C17H18N4O2/c1-20(2)16-9-5-14(6-10-16)4-3-13-18-19-15-7-11-17(12-8-15)21(22)23/h3-13,19H,1-2H3/b4-3+,18-13+. The van der Waals surface area contributed by atoms with Crippen LogP contribution in [0.5, 0.6) is 0 Å². The van der Waals surface area contributed by atoms with Gasteiger partial charge in [-0.15, -0.1) is 0 Å². The van der Waals surface area contributed by atoms with Crippen molar-refractivity contribution < 1.29 is 4.92 Å². The monoisotopic (exact) mass is 310 g/mol. The van der Waals surface area contributed by atoms with Crippen molar-refractivity contribution in [3.63, 3.8) is 0 Å². The number of nitro groups is 1. The van der Waals surface area contributed by atoms with Crippen molar-refractivity contribution in [2.75, 3.05) is 24.4 Å². The molecule has 1 N–H and O–H groups in total. The lowest BCUT2D eigenvalue weighted by molar-refractivity contribution is -0.384. The number of nitro benzene ring substituents is 1. The van der Waals surface area contributed by atoms with Gasteiger partial charge in [-0.25, -0.2) is 0 Å². The lowest BCUT2D eigenvalue weighted by atomic mass is 10.2. The lowest BCUT2D eigenvalue weighted by Crippen LogP contribution is -2.07. The van der Waals surface area contributed by atoms with E-state index in [-0.39, 0.29) is 5.69 Å². The molecule has 0 spiro atoms. The van der Waals surface area contributed by atoms with Crippen molar-refractivity contribution >= 4 is 29.4 Å². The Morgan fingerprint density at radius 3 is 2.30 bits per heavy atom. The van der Waals surface area contributed by atoms with Crippen LogP contribution in [0.15, 0.2) is 59.7 Å². The van der Waals surface area contributed by atoms with Crippen LogP contribution in [0.25, 0.3) is 6.08 Å². The Hall–Kier alpha value is -3.15.